The van der Waals surface area contributed by atoms with Gasteiger partial charge in [-0.25, -0.2) is 0 Å². The fourth-order valence-corrected chi connectivity index (χ4v) is 7.40. The molecule has 3 aromatic carbocycles. The highest BCUT2D eigenvalue weighted by molar-refractivity contribution is 6.06. The molecule has 7 rings (SSSR count). The molecule has 1 fully saturated rings. The van der Waals surface area contributed by atoms with E-state index in [9.17, 15) is 0 Å². The van der Waals surface area contributed by atoms with Crippen molar-refractivity contribution in [3.05, 3.63) is 83.6 Å². The van der Waals surface area contributed by atoms with Gasteiger partial charge < -0.3 is 10.2 Å². The summed E-state index contributed by atoms with van der Waals surface area (Å²) in [6.07, 6.45) is 10.3. The molecular weight excluding hydrogens is 376 g/mol. The zero-order valence-corrected chi connectivity index (χ0v) is 18.1. The summed E-state index contributed by atoms with van der Waals surface area (Å²) in [4.78, 5) is 2.82. The van der Waals surface area contributed by atoms with Crippen LogP contribution >= 0.6 is 0 Å². The Kier molecular flexibility index (Phi) is 3.82. The van der Waals surface area contributed by atoms with E-state index in [2.05, 4.69) is 76.9 Å². The number of hydrogen-bond donors (Lipinski definition) is 1. The van der Waals surface area contributed by atoms with Crippen molar-refractivity contribution in [3.8, 4) is 0 Å². The first-order valence-electron chi connectivity index (χ1n) is 12.2. The lowest BCUT2D eigenvalue weighted by atomic mass is 9.61. The van der Waals surface area contributed by atoms with Gasteiger partial charge in [-0.15, -0.1) is 0 Å². The number of allylic oxidation sites excluding steroid dienone is 2. The molecule has 0 bridgehead atoms. The Morgan fingerprint density at radius 1 is 0.806 bits per heavy atom. The largest absolute Gasteiger partial charge is 0.362 e. The lowest BCUT2D eigenvalue weighted by Crippen LogP contribution is -2.66. The molecule has 2 aliphatic heterocycles. The van der Waals surface area contributed by atoms with E-state index in [0.29, 0.717) is 11.8 Å². The molecule has 0 aromatic heterocycles. The van der Waals surface area contributed by atoms with Crippen LogP contribution in [0.15, 0.2) is 78.0 Å². The first-order valence-corrected chi connectivity index (χ1v) is 12.2. The molecule has 1 spiro atoms. The SMILES string of the molecule is c1ccc([C@H]2C3=C(CCCC3)N3c4cccc5cccc(c45)N[C@]34CCCC[C@H]24)cc1. The third-order valence-corrected chi connectivity index (χ3v) is 8.50. The fourth-order valence-electron chi connectivity index (χ4n) is 7.40. The average molecular weight is 407 g/mol. The molecule has 31 heavy (non-hydrogen) atoms. The van der Waals surface area contributed by atoms with E-state index in [1.165, 1.54) is 79.1 Å². The summed E-state index contributed by atoms with van der Waals surface area (Å²) in [7, 11) is 0. The Morgan fingerprint density at radius 2 is 1.65 bits per heavy atom. The van der Waals surface area contributed by atoms with Crippen LogP contribution in [-0.4, -0.2) is 5.66 Å². The van der Waals surface area contributed by atoms with Gasteiger partial charge in [0.2, 0.25) is 0 Å². The first kappa shape index (κ1) is 17.9. The Balaban J connectivity index is 1.54. The van der Waals surface area contributed by atoms with Crippen molar-refractivity contribution >= 4 is 22.1 Å². The number of anilines is 2. The van der Waals surface area contributed by atoms with Crippen molar-refractivity contribution in [2.24, 2.45) is 5.92 Å². The van der Waals surface area contributed by atoms with E-state index in [1.807, 2.05) is 0 Å². The molecule has 2 nitrogen and oxygen atoms in total. The Hall–Kier alpha value is -2.74. The summed E-state index contributed by atoms with van der Waals surface area (Å²) in [5, 5.41) is 6.97. The second kappa shape index (κ2) is 6.63. The molecule has 0 radical (unpaired) electrons. The third kappa shape index (κ3) is 2.39. The predicted molar refractivity (Wildman–Crippen MR) is 129 cm³/mol. The van der Waals surface area contributed by atoms with Gasteiger partial charge in [0.1, 0.15) is 5.66 Å². The van der Waals surface area contributed by atoms with Crippen molar-refractivity contribution in [2.45, 2.75) is 62.9 Å². The van der Waals surface area contributed by atoms with Crippen LogP contribution in [0.2, 0.25) is 0 Å². The number of fused-ring (bicyclic) bond motifs is 2. The highest BCUT2D eigenvalue weighted by Crippen LogP contribution is 2.60. The number of nitrogens with zero attached hydrogens (tertiary/aromatic N) is 1. The lowest BCUT2D eigenvalue weighted by molar-refractivity contribution is 0.169. The molecule has 0 amide bonds. The quantitative estimate of drug-likeness (QED) is 0.448. The standard InChI is InChI=1S/C29H30N2/c1-2-10-20(11-3-1)27-22-14-4-5-17-25(22)31-26-18-9-13-21-12-8-16-24(28(21)26)30-29(31)19-7-6-15-23(27)29/h1-3,8-13,16,18,23,27,30H,4-7,14-15,17,19H2/t23-,27+,29-/m1/s1. The topological polar surface area (TPSA) is 15.3 Å². The molecule has 3 aromatic rings. The maximum absolute atomic E-state index is 4.20. The summed E-state index contributed by atoms with van der Waals surface area (Å²) in [6, 6.07) is 25.2. The van der Waals surface area contributed by atoms with Crippen LogP contribution in [-0.2, 0) is 0 Å². The predicted octanol–water partition coefficient (Wildman–Crippen LogP) is 7.58. The zero-order valence-electron chi connectivity index (χ0n) is 18.1. The molecule has 1 N–H and O–H groups in total. The Labute approximate surface area is 185 Å². The normalized spacial score (nSPS) is 29.1. The van der Waals surface area contributed by atoms with Crippen molar-refractivity contribution in [1.82, 2.24) is 0 Å². The summed E-state index contributed by atoms with van der Waals surface area (Å²) in [5.41, 5.74) is 7.67. The van der Waals surface area contributed by atoms with Crippen molar-refractivity contribution in [1.29, 1.82) is 0 Å². The van der Waals surface area contributed by atoms with Crippen LogP contribution in [0.25, 0.3) is 10.8 Å². The number of rotatable bonds is 1. The van der Waals surface area contributed by atoms with E-state index in [0.717, 1.165) is 0 Å². The highest BCUT2D eigenvalue weighted by atomic mass is 15.4. The number of nitrogens with one attached hydrogen (secondary N) is 1. The minimum Gasteiger partial charge on any atom is -0.362 e. The summed E-state index contributed by atoms with van der Waals surface area (Å²) < 4.78 is 0. The van der Waals surface area contributed by atoms with E-state index in [4.69, 9.17) is 0 Å². The molecule has 4 aliphatic rings. The first-order chi connectivity index (χ1) is 15.4. The number of benzene rings is 3. The van der Waals surface area contributed by atoms with Crippen LogP contribution in [0, 0.1) is 5.92 Å². The van der Waals surface area contributed by atoms with Crippen molar-refractivity contribution in [2.75, 3.05) is 10.2 Å². The molecule has 0 unspecified atom stereocenters. The fraction of sp³-hybridized carbons (Fsp3) is 0.379. The van der Waals surface area contributed by atoms with Gasteiger partial charge in [0.25, 0.3) is 0 Å². The van der Waals surface area contributed by atoms with Gasteiger partial charge in [-0.3, -0.25) is 0 Å². The molecular formula is C29H30N2. The van der Waals surface area contributed by atoms with Gasteiger partial charge in [0.05, 0.1) is 5.69 Å². The second-order valence-electron chi connectivity index (χ2n) is 9.99. The van der Waals surface area contributed by atoms with Crippen LogP contribution in [0.3, 0.4) is 0 Å². The molecule has 3 atom stereocenters. The van der Waals surface area contributed by atoms with Crippen molar-refractivity contribution in [3.63, 3.8) is 0 Å². The summed E-state index contributed by atoms with van der Waals surface area (Å²) >= 11 is 0. The van der Waals surface area contributed by atoms with Crippen LogP contribution < -0.4 is 10.2 Å². The maximum Gasteiger partial charge on any atom is 0.118 e. The van der Waals surface area contributed by atoms with Crippen LogP contribution in [0.1, 0.15) is 62.8 Å². The molecule has 2 aliphatic carbocycles. The zero-order chi connectivity index (χ0) is 20.4. The van der Waals surface area contributed by atoms with Gasteiger partial charge in [0, 0.05) is 28.6 Å². The summed E-state index contributed by atoms with van der Waals surface area (Å²) in [5.74, 6) is 1.15. The highest BCUT2D eigenvalue weighted by Gasteiger charge is 2.56. The van der Waals surface area contributed by atoms with Gasteiger partial charge >= 0.3 is 0 Å². The molecule has 2 heteroatoms. The minimum atomic E-state index is -0.00241. The van der Waals surface area contributed by atoms with E-state index in [-0.39, 0.29) is 5.66 Å². The van der Waals surface area contributed by atoms with Gasteiger partial charge in [0.15, 0.2) is 0 Å². The van der Waals surface area contributed by atoms with E-state index in [1.54, 1.807) is 11.3 Å². The molecule has 0 saturated heterocycles. The second-order valence-corrected chi connectivity index (χ2v) is 9.99. The Morgan fingerprint density at radius 3 is 2.55 bits per heavy atom. The molecule has 2 heterocycles. The lowest BCUT2D eigenvalue weighted by Gasteiger charge is -2.62. The molecule has 156 valence electrons. The van der Waals surface area contributed by atoms with E-state index >= 15 is 0 Å². The van der Waals surface area contributed by atoms with Crippen LogP contribution in [0.4, 0.5) is 11.4 Å². The summed E-state index contributed by atoms with van der Waals surface area (Å²) in [6.45, 7) is 0. The molecule has 1 saturated carbocycles. The minimum absolute atomic E-state index is 0.00241. The monoisotopic (exact) mass is 406 g/mol. The maximum atomic E-state index is 4.20. The third-order valence-electron chi connectivity index (χ3n) is 8.50. The Bertz CT molecular complexity index is 1190. The van der Waals surface area contributed by atoms with Gasteiger partial charge in [-0.1, -0.05) is 61.0 Å². The van der Waals surface area contributed by atoms with Gasteiger partial charge in [-0.2, -0.15) is 0 Å². The average Bonchev–Trinajstić information content (AvgIpc) is 2.83. The van der Waals surface area contributed by atoms with Crippen LogP contribution in [0.5, 0.6) is 0 Å². The van der Waals surface area contributed by atoms with Crippen molar-refractivity contribution < 1.29 is 0 Å². The smallest absolute Gasteiger partial charge is 0.118 e. The van der Waals surface area contributed by atoms with Gasteiger partial charge in [-0.05, 0) is 73.6 Å². The van der Waals surface area contributed by atoms with E-state index < -0.39 is 0 Å². The number of hydrogen-bond acceptors (Lipinski definition) is 2.